The second-order valence-corrected chi connectivity index (χ2v) is 8.19. The summed E-state index contributed by atoms with van der Waals surface area (Å²) in [5.41, 5.74) is 0.920. The van der Waals surface area contributed by atoms with Gasteiger partial charge in [0.2, 0.25) is 5.91 Å². The number of amides is 1. The first kappa shape index (κ1) is 18.7. The van der Waals surface area contributed by atoms with Crippen molar-refractivity contribution >= 4 is 39.2 Å². The number of aryl methyl sites for hydroxylation is 2. The number of nitrogens with zero attached hydrogens (tertiary/aromatic N) is 2. The second-order valence-electron chi connectivity index (χ2n) is 6.05. The zero-order chi connectivity index (χ0) is 17.9. The smallest absolute Gasteiger partial charge is 0.263 e. The molecule has 0 saturated carbocycles. The maximum absolute atomic E-state index is 12.8. The minimum absolute atomic E-state index is 0.0493. The minimum Gasteiger partial charge on any atom is -0.355 e. The summed E-state index contributed by atoms with van der Waals surface area (Å²) in [6, 6.07) is 0. The average molecular weight is 366 g/mol. The molecule has 0 atom stereocenters. The van der Waals surface area contributed by atoms with Crippen LogP contribution in [0.3, 0.4) is 0 Å². The van der Waals surface area contributed by atoms with E-state index in [1.807, 2.05) is 27.7 Å². The summed E-state index contributed by atoms with van der Waals surface area (Å²) >= 11 is 2.81. The molecule has 0 unspecified atom stereocenters. The number of allylic oxidation sites excluding steroid dienone is 1. The van der Waals surface area contributed by atoms with Crippen molar-refractivity contribution in [3.63, 3.8) is 0 Å². The molecule has 0 spiro atoms. The predicted molar refractivity (Wildman–Crippen MR) is 102 cm³/mol. The van der Waals surface area contributed by atoms with Gasteiger partial charge in [0.25, 0.3) is 5.56 Å². The van der Waals surface area contributed by atoms with Crippen molar-refractivity contribution in [3.8, 4) is 0 Å². The van der Waals surface area contributed by atoms with Gasteiger partial charge in [-0.15, -0.1) is 17.9 Å². The van der Waals surface area contributed by atoms with Crippen molar-refractivity contribution in [3.05, 3.63) is 33.4 Å². The number of rotatable bonds is 7. The van der Waals surface area contributed by atoms with Crippen LogP contribution in [-0.4, -0.2) is 27.8 Å². The first-order chi connectivity index (χ1) is 11.3. The van der Waals surface area contributed by atoms with Gasteiger partial charge in [0.05, 0.1) is 11.1 Å². The molecule has 2 aromatic rings. The van der Waals surface area contributed by atoms with Crippen molar-refractivity contribution < 1.29 is 4.79 Å². The maximum atomic E-state index is 12.8. The Morgan fingerprint density at radius 3 is 2.79 bits per heavy atom. The van der Waals surface area contributed by atoms with Gasteiger partial charge >= 0.3 is 0 Å². The van der Waals surface area contributed by atoms with Crippen LogP contribution in [-0.2, 0) is 11.3 Å². The summed E-state index contributed by atoms with van der Waals surface area (Å²) in [5, 5.41) is 4.11. The van der Waals surface area contributed by atoms with Gasteiger partial charge in [-0.25, -0.2) is 4.98 Å². The molecule has 1 N–H and O–H groups in total. The lowest BCUT2D eigenvalue weighted by atomic mass is 10.2. The van der Waals surface area contributed by atoms with E-state index in [4.69, 9.17) is 0 Å². The van der Waals surface area contributed by atoms with Gasteiger partial charge in [0, 0.05) is 18.0 Å². The molecule has 0 aliphatic heterocycles. The lowest BCUT2D eigenvalue weighted by Gasteiger charge is -2.11. The molecule has 0 aliphatic rings. The molecule has 0 aromatic carbocycles. The third-order valence-corrected chi connectivity index (χ3v) is 5.68. The van der Waals surface area contributed by atoms with Crippen LogP contribution in [0.25, 0.3) is 10.2 Å². The van der Waals surface area contributed by atoms with Crippen LogP contribution in [0.1, 0.15) is 24.3 Å². The van der Waals surface area contributed by atoms with Crippen LogP contribution >= 0.6 is 23.1 Å². The molecule has 130 valence electrons. The van der Waals surface area contributed by atoms with Crippen molar-refractivity contribution in [2.24, 2.45) is 5.92 Å². The standard InChI is InChI=1S/C17H23N3O2S2/c1-6-7-20-16(22)14-11(4)12(5)24-15(14)19-17(20)23-9-13(21)18-8-10(2)3/h6,10H,1,7-9H2,2-5H3,(H,18,21). The Kier molecular flexibility index (Phi) is 6.23. The Morgan fingerprint density at radius 2 is 2.17 bits per heavy atom. The van der Waals surface area contributed by atoms with Gasteiger partial charge < -0.3 is 5.32 Å². The minimum atomic E-state index is -0.0631. The zero-order valence-electron chi connectivity index (χ0n) is 14.5. The first-order valence-electron chi connectivity index (χ1n) is 7.86. The number of thioether (sulfide) groups is 1. The first-order valence-corrected chi connectivity index (χ1v) is 9.66. The van der Waals surface area contributed by atoms with Crippen LogP contribution in [0.5, 0.6) is 0 Å². The van der Waals surface area contributed by atoms with Crippen LogP contribution in [0.15, 0.2) is 22.6 Å². The highest BCUT2D eigenvalue weighted by Crippen LogP contribution is 2.28. The molecule has 5 nitrogen and oxygen atoms in total. The molecule has 0 fully saturated rings. The molecule has 0 saturated heterocycles. The molecule has 0 aliphatic carbocycles. The summed E-state index contributed by atoms with van der Waals surface area (Å²) in [6.07, 6.45) is 1.67. The highest BCUT2D eigenvalue weighted by Gasteiger charge is 2.17. The number of thiophene rings is 1. The number of nitrogens with one attached hydrogen (secondary N) is 1. The summed E-state index contributed by atoms with van der Waals surface area (Å²) in [5.74, 6) is 0.599. The Labute approximate surface area is 150 Å². The lowest BCUT2D eigenvalue weighted by Crippen LogP contribution is -2.29. The third kappa shape index (κ3) is 4.08. The van der Waals surface area contributed by atoms with E-state index >= 15 is 0 Å². The molecule has 24 heavy (non-hydrogen) atoms. The molecule has 2 rings (SSSR count). The molecule has 2 heterocycles. The van der Waals surface area contributed by atoms with Gasteiger partial charge in [0.15, 0.2) is 5.16 Å². The Hall–Kier alpha value is -1.60. The Balaban J connectivity index is 2.31. The van der Waals surface area contributed by atoms with Crippen LogP contribution in [0, 0.1) is 19.8 Å². The van der Waals surface area contributed by atoms with Gasteiger partial charge in [-0.3, -0.25) is 14.2 Å². The summed E-state index contributed by atoms with van der Waals surface area (Å²) in [6.45, 7) is 12.8. The lowest BCUT2D eigenvalue weighted by molar-refractivity contribution is -0.118. The predicted octanol–water partition coefficient (Wildman–Crippen LogP) is 3.13. The van der Waals surface area contributed by atoms with Crippen molar-refractivity contribution in [1.29, 1.82) is 0 Å². The molecule has 2 aromatic heterocycles. The largest absolute Gasteiger partial charge is 0.355 e. The van der Waals surface area contributed by atoms with Crippen molar-refractivity contribution in [2.45, 2.75) is 39.4 Å². The van der Waals surface area contributed by atoms with Gasteiger partial charge in [-0.05, 0) is 25.3 Å². The van der Waals surface area contributed by atoms with Crippen molar-refractivity contribution in [2.75, 3.05) is 12.3 Å². The number of fused-ring (bicyclic) bond motifs is 1. The van der Waals surface area contributed by atoms with E-state index in [1.165, 1.54) is 23.1 Å². The Morgan fingerprint density at radius 1 is 1.46 bits per heavy atom. The van der Waals surface area contributed by atoms with E-state index in [1.54, 1.807) is 10.6 Å². The molecule has 1 amide bonds. The van der Waals surface area contributed by atoms with E-state index in [9.17, 15) is 9.59 Å². The third-order valence-electron chi connectivity index (χ3n) is 3.61. The summed E-state index contributed by atoms with van der Waals surface area (Å²) < 4.78 is 1.59. The second kappa shape index (κ2) is 7.98. The maximum Gasteiger partial charge on any atom is 0.263 e. The van der Waals surface area contributed by atoms with E-state index in [0.29, 0.717) is 29.6 Å². The quantitative estimate of drug-likeness (QED) is 0.465. The number of carbonyl (C=O) groups is 1. The molecular weight excluding hydrogens is 342 g/mol. The highest BCUT2D eigenvalue weighted by atomic mass is 32.2. The van der Waals surface area contributed by atoms with Crippen LogP contribution in [0.4, 0.5) is 0 Å². The van der Waals surface area contributed by atoms with Crippen molar-refractivity contribution in [1.82, 2.24) is 14.9 Å². The molecule has 7 heteroatoms. The van der Waals surface area contributed by atoms with Crippen LogP contribution < -0.4 is 10.9 Å². The molecule has 0 bridgehead atoms. The molecule has 0 radical (unpaired) electrons. The SMILES string of the molecule is C=CCn1c(SCC(=O)NCC(C)C)nc2sc(C)c(C)c2c1=O. The van der Waals surface area contributed by atoms with Gasteiger partial charge in [0.1, 0.15) is 4.83 Å². The summed E-state index contributed by atoms with van der Waals surface area (Å²) in [4.78, 5) is 31.2. The topological polar surface area (TPSA) is 64.0 Å². The number of hydrogen-bond acceptors (Lipinski definition) is 5. The van der Waals surface area contributed by atoms with Gasteiger partial charge in [-0.2, -0.15) is 0 Å². The number of aromatic nitrogens is 2. The van der Waals surface area contributed by atoms with E-state index < -0.39 is 0 Å². The normalized spacial score (nSPS) is 11.2. The van der Waals surface area contributed by atoms with Crippen LogP contribution in [0.2, 0.25) is 0 Å². The average Bonchev–Trinajstić information content (AvgIpc) is 2.81. The molecular formula is C17H23N3O2S2. The van der Waals surface area contributed by atoms with E-state index in [-0.39, 0.29) is 17.2 Å². The monoisotopic (exact) mass is 365 g/mol. The fourth-order valence-electron chi connectivity index (χ4n) is 2.21. The fourth-order valence-corrected chi connectivity index (χ4v) is 4.12. The zero-order valence-corrected chi connectivity index (χ0v) is 16.1. The Bertz CT molecular complexity index is 821. The fraction of sp³-hybridized carbons (Fsp3) is 0.471. The highest BCUT2D eigenvalue weighted by molar-refractivity contribution is 7.99. The van der Waals surface area contributed by atoms with E-state index in [2.05, 4.69) is 16.9 Å². The van der Waals surface area contributed by atoms with Gasteiger partial charge in [-0.1, -0.05) is 31.7 Å². The van der Waals surface area contributed by atoms with E-state index in [0.717, 1.165) is 15.3 Å². The number of carbonyl (C=O) groups excluding carboxylic acids is 1. The summed E-state index contributed by atoms with van der Waals surface area (Å²) in [7, 11) is 0. The number of hydrogen-bond donors (Lipinski definition) is 1.